The SMILES string of the molecule is CCc1nccn1C[C@@H]1CC(c2ccccc2)(c2ccccc2)C(=O)O1. The van der Waals surface area contributed by atoms with E-state index in [9.17, 15) is 4.79 Å². The minimum absolute atomic E-state index is 0.168. The summed E-state index contributed by atoms with van der Waals surface area (Å²) in [6, 6.07) is 19.9. The Kier molecular flexibility index (Phi) is 4.33. The third-order valence-electron chi connectivity index (χ3n) is 5.21. The number of rotatable bonds is 5. The molecule has 2 aromatic carbocycles. The van der Waals surface area contributed by atoms with Crippen LogP contribution in [0.5, 0.6) is 0 Å². The quantitative estimate of drug-likeness (QED) is 0.661. The highest BCUT2D eigenvalue weighted by Gasteiger charge is 2.51. The van der Waals surface area contributed by atoms with Crippen LogP contribution in [-0.2, 0) is 27.9 Å². The molecule has 0 saturated carbocycles. The minimum atomic E-state index is -0.750. The topological polar surface area (TPSA) is 44.1 Å². The van der Waals surface area contributed by atoms with Crippen LogP contribution in [0, 0.1) is 0 Å². The van der Waals surface area contributed by atoms with Crippen molar-refractivity contribution in [3.8, 4) is 0 Å². The predicted octanol–water partition coefficient (Wildman–Crippen LogP) is 3.75. The molecule has 1 fully saturated rings. The lowest BCUT2D eigenvalue weighted by molar-refractivity contribution is -0.145. The lowest BCUT2D eigenvalue weighted by Gasteiger charge is -2.26. The summed E-state index contributed by atoms with van der Waals surface area (Å²) < 4.78 is 7.96. The van der Waals surface area contributed by atoms with Gasteiger partial charge in [0.15, 0.2) is 0 Å². The molecule has 0 amide bonds. The number of carbonyl (C=O) groups is 1. The van der Waals surface area contributed by atoms with Crippen molar-refractivity contribution in [3.05, 3.63) is 90.0 Å². The van der Waals surface area contributed by atoms with Gasteiger partial charge in [-0.3, -0.25) is 4.79 Å². The van der Waals surface area contributed by atoms with Crippen LogP contribution >= 0.6 is 0 Å². The van der Waals surface area contributed by atoms with Crippen LogP contribution in [0.2, 0.25) is 0 Å². The molecule has 0 aliphatic carbocycles. The van der Waals surface area contributed by atoms with Crippen LogP contribution in [0.1, 0.15) is 30.3 Å². The molecule has 132 valence electrons. The van der Waals surface area contributed by atoms with Crippen molar-refractivity contribution < 1.29 is 9.53 Å². The summed E-state index contributed by atoms with van der Waals surface area (Å²) in [5.41, 5.74) is 1.22. The molecule has 4 heteroatoms. The molecule has 3 aromatic rings. The summed E-state index contributed by atoms with van der Waals surface area (Å²) in [6.07, 6.45) is 5.06. The second kappa shape index (κ2) is 6.79. The van der Waals surface area contributed by atoms with Gasteiger partial charge < -0.3 is 9.30 Å². The van der Waals surface area contributed by atoms with Gasteiger partial charge in [0.25, 0.3) is 0 Å². The van der Waals surface area contributed by atoms with Crippen LogP contribution in [0.25, 0.3) is 0 Å². The molecule has 0 unspecified atom stereocenters. The summed E-state index contributed by atoms with van der Waals surface area (Å²) in [6.45, 7) is 2.72. The minimum Gasteiger partial charge on any atom is -0.459 e. The molecule has 1 saturated heterocycles. The summed E-state index contributed by atoms with van der Waals surface area (Å²) in [4.78, 5) is 17.5. The molecule has 1 atom stereocenters. The molecule has 1 aliphatic heterocycles. The fourth-order valence-corrected chi connectivity index (χ4v) is 3.94. The zero-order valence-corrected chi connectivity index (χ0v) is 14.8. The Morgan fingerprint density at radius 1 is 1.08 bits per heavy atom. The first kappa shape index (κ1) is 16.6. The summed E-state index contributed by atoms with van der Waals surface area (Å²) >= 11 is 0. The van der Waals surface area contributed by atoms with Gasteiger partial charge in [0, 0.05) is 25.2 Å². The van der Waals surface area contributed by atoms with Crippen molar-refractivity contribution in [1.29, 1.82) is 0 Å². The highest BCUT2D eigenvalue weighted by Crippen LogP contribution is 2.43. The lowest BCUT2D eigenvalue weighted by Crippen LogP contribution is -2.33. The van der Waals surface area contributed by atoms with Gasteiger partial charge >= 0.3 is 5.97 Å². The standard InChI is InChI=1S/C22H22N2O2/c1-2-20-23-13-14-24(20)16-19-15-22(21(25)26-19,17-9-5-3-6-10-17)18-11-7-4-8-12-18/h3-14,19H,2,15-16H2,1H3/t19-/m0/s1. The zero-order valence-electron chi connectivity index (χ0n) is 14.8. The van der Waals surface area contributed by atoms with E-state index in [0.29, 0.717) is 13.0 Å². The third-order valence-corrected chi connectivity index (χ3v) is 5.21. The second-order valence-electron chi connectivity index (χ2n) is 6.72. The molecule has 0 bridgehead atoms. The molecular weight excluding hydrogens is 324 g/mol. The van der Waals surface area contributed by atoms with Crippen LogP contribution in [-0.4, -0.2) is 21.6 Å². The maximum atomic E-state index is 13.1. The predicted molar refractivity (Wildman–Crippen MR) is 99.8 cm³/mol. The number of carbonyl (C=O) groups excluding carboxylic acids is 1. The molecule has 0 spiro atoms. The third kappa shape index (κ3) is 2.71. The average Bonchev–Trinajstić information content (AvgIpc) is 3.27. The summed E-state index contributed by atoms with van der Waals surface area (Å²) in [7, 11) is 0. The highest BCUT2D eigenvalue weighted by atomic mass is 16.6. The largest absolute Gasteiger partial charge is 0.459 e. The normalized spacial score (nSPS) is 18.7. The van der Waals surface area contributed by atoms with E-state index in [2.05, 4.69) is 16.5 Å². The second-order valence-corrected chi connectivity index (χ2v) is 6.72. The number of nitrogens with zero attached hydrogens (tertiary/aromatic N) is 2. The smallest absolute Gasteiger partial charge is 0.321 e. The molecule has 26 heavy (non-hydrogen) atoms. The average molecular weight is 346 g/mol. The number of aromatic nitrogens is 2. The number of hydrogen-bond donors (Lipinski definition) is 0. The van der Waals surface area contributed by atoms with Crippen molar-refractivity contribution in [2.75, 3.05) is 0 Å². The van der Waals surface area contributed by atoms with E-state index in [1.54, 1.807) is 6.20 Å². The van der Waals surface area contributed by atoms with E-state index >= 15 is 0 Å². The van der Waals surface area contributed by atoms with Gasteiger partial charge in [0.1, 0.15) is 17.3 Å². The molecule has 1 aromatic heterocycles. The maximum absolute atomic E-state index is 13.1. The van der Waals surface area contributed by atoms with Crippen molar-refractivity contribution in [1.82, 2.24) is 9.55 Å². The van der Waals surface area contributed by atoms with Crippen molar-refractivity contribution >= 4 is 5.97 Å². The van der Waals surface area contributed by atoms with Gasteiger partial charge in [-0.25, -0.2) is 4.98 Å². The van der Waals surface area contributed by atoms with Crippen molar-refractivity contribution in [3.63, 3.8) is 0 Å². The zero-order chi connectivity index (χ0) is 18.0. The van der Waals surface area contributed by atoms with Crippen molar-refractivity contribution in [2.24, 2.45) is 0 Å². The van der Waals surface area contributed by atoms with E-state index in [0.717, 1.165) is 23.4 Å². The highest BCUT2D eigenvalue weighted by molar-refractivity contribution is 5.89. The number of ether oxygens (including phenoxy) is 1. The van der Waals surface area contributed by atoms with Gasteiger partial charge in [0.2, 0.25) is 0 Å². The first-order chi connectivity index (χ1) is 12.7. The Morgan fingerprint density at radius 3 is 2.27 bits per heavy atom. The Balaban J connectivity index is 1.72. The first-order valence-electron chi connectivity index (χ1n) is 9.06. The maximum Gasteiger partial charge on any atom is 0.321 e. The molecule has 2 heterocycles. The summed E-state index contributed by atoms with van der Waals surface area (Å²) in [5.74, 6) is 0.844. The van der Waals surface area contributed by atoms with E-state index in [1.165, 1.54) is 0 Å². The van der Waals surface area contributed by atoms with E-state index < -0.39 is 5.41 Å². The van der Waals surface area contributed by atoms with Gasteiger partial charge in [-0.1, -0.05) is 67.6 Å². The Hall–Kier alpha value is -2.88. The fraction of sp³-hybridized carbons (Fsp3) is 0.273. The van der Waals surface area contributed by atoms with Gasteiger partial charge in [-0.2, -0.15) is 0 Å². The Labute approximate surface area is 153 Å². The first-order valence-corrected chi connectivity index (χ1v) is 9.06. The molecular formula is C22H22N2O2. The number of esters is 1. The molecule has 0 N–H and O–H groups in total. The number of hydrogen-bond acceptors (Lipinski definition) is 3. The van der Waals surface area contributed by atoms with E-state index in [1.807, 2.05) is 66.9 Å². The van der Waals surface area contributed by atoms with Crippen LogP contribution in [0.3, 0.4) is 0 Å². The van der Waals surface area contributed by atoms with Gasteiger partial charge in [0.05, 0.1) is 6.54 Å². The van der Waals surface area contributed by atoms with Crippen LogP contribution in [0.15, 0.2) is 73.1 Å². The summed E-state index contributed by atoms with van der Waals surface area (Å²) in [5, 5.41) is 0. The lowest BCUT2D eigenvalue weighted by atomic mass is 9.72. The van der Waals surface area contributed by atoms with Crippen LogP contribution in [0.4, 0.5) is 0 Å². The van der Waals surface area contributed by atoms with Gasteiger partial charge in [-0.15, -0.1) is 0 Å². The van der Waals surface area contributed by atoms with E-state index in [-0.39, 0.29) is 12.1 Å². The molecule has 4 rings (SSSR count). The van der Waals surface area contributed by atoms with Crippen LogP contribution < -0.4 is 0 Å². The van der Waals surface area contributed by atoms with Gasteiger partial charge in [-0.05, 0) is 11.1 Å². The number of imidazole rings is 1. The van der Waals surface area contributed by atoms with E-state index in [4.69, 9.17) is 4.74 Å². The Bertz CT molecular complexity index is 847. The fourth-order valence-electron chi connectivity index (χ4n) is 3.94. The Morgan fingerprint density at radius 2 is 1.69 bits per heavy atom. The molecule has 0 radical (unpaired) electrons. The monoisotopic (exact) mass is 346 g/mol. The number of aryl methyl sites for hydroxylation is 1. The van der Waals surface area contributed by atoms with Crippen molar-refractivity contribution in [2.45, 2.75) is 37.8 Å². The molecule has 4 nitrogen and oxygen atoms in total. The number of benzene rings is 2. The molecule has 1 aliphatic rings. The number of cyclic esters (lactones) is 1.